The second kappa shape index (κ2) is 10.1. The van der Waals surface area contributed by atoms with Crippen molar-refractivity contribution in [3.8, 4) is 5.75 Å². The minimum Gasteiger partial charge on any atom is -0.494 e. The molecule has 7 nitrogen and oxygen atoms in total. The van der Waals surface area contributed by atoms with Crippen LogP contribution in [0.15, 0.2) is 42.5 Å². The monoisotopic (exact) mass is 385 g/mol. The van der Waals surface area contributed by atoms with Crippen LogP contribution in [0.2, 0.25) is 0 Å². The van der Waals surface area contributed by atoms with E-state index in [1.807, 2.05) is 0 Å². The Bertz CT molecular complexity index is 827. The molecule has 1 N–H and O–H groups in total. The maximum atomic E-state index is 12.6. The predicted molar refractivity (Wildman–Crippen MR) is 104 cm³/mol. The highest BCUT2D eigenvalue weighted by atomic mass is 16.5. The molecule has 0 saturated carbocycles. The molecule has 1 amide bonds. The average molecular weight is 385 g/mol. The zero-order chi connectivity index (χ0) is 20.5. The molecule has 0 saturated heterocycles. The lowest BCUT2D eigenvalue weighted by atomic mass is 10.1. The lowest BCUT2D eigenvalue weighted by Crippen LogP contribution is -2.14. The number of carbonyl (C=O) groups excluding carboxylic acids is 3. The van der Waals surface area contributed by atoms with Crippen molar-refractivity contribution in [3.63, 3.8) is 0 Å². The number of methoxy groups -OCH3 is 2. The molecular weight excluding hydrogens is 362 g/mol. The molecule has 2 aromatic carbocycles. The van der Waals surface area contributed by atoms with Crippen molar-refractivity contribution < 1.29 is 28.6 Å². The average Bonchev–Trinajstić information content (AvgIpc) is 2.72. The molecule has 28 heavy (non-hydrogen) atoms. The van der Waals surface area contributed by atoms with Gasteiger partial charge in [-0.25, -0.2) is 9.59 Å². The van der Waals surface area contributed by atoms with Gasteiger partial charge in [-0.1, -0.05) is 19.4 Å². The smallest absolute Gasteiger partial charge is 0.337 e. The molecule has 0 heterocycles. The predicted octanol–water partition coefficient (Wildman–Crippen LogP) is 3.69. The Morgan fingerprint density at radius 1 is 0.893 bits per heavy atom. The number of esters is 2. The van der Waals surface area contributed by atoms with Crippen molar-refractivity contribution >= 4 is 23.5 Å². The Balaban J connectivity index is 2.24. The van der Waals surface area contributed by atoms with Gasteiger partial charge >= 0.3 is 11.9 Å². The molecule has 2 rings (SSSR count). The standard InChI is InChI=1S/C21H23NO6/c1-4-5-9-28-18-8-6-7-14(13-18)19(23)22-17-11-15(20(24)26-2)10-16(12-17)21(25)27-3/h6-8,10-13H,4-5,9H2,1-3H3,(H,22,23). The van der Waals surface area contributed by atoms with Gasteiger partial charge in [0, 0.05) is 11.3 Å². The van der Waals surface area contributed by atoms with E-state index >= 15 is 0 Å². The minimum atomic E-state index is -0.632. The molecule has 148 valence electrons. The molecule has 0 unspecified atom stereocenters. The highest BCUT2D eigenvalue weighted by Gasteiger charge is 2.15. The summed E-state index contributed by atoms with van der Waals surface area (Å²) < 4.78 is 15.0. The van der Waals surface area contributed by atoms with Crippen LogP contribution < -0.4 is 10.1 Å². The fourth-order valence-corrected chi connectivity index (χ4v) is 2.44. The molecule has 2 aromatic rings. The summed E-state index contributed by atoms with van der Waals surface area (Å²) in [7, 11) is 2.46. The first-order chi connectivity index (χ1) is 13.5. The third-order valence-corrected chi connectivity index (χ3v) is 3.90. The van der Waals surface area contributed by atoms with E-state index in [9.17, 15) is 14.4 Å². The second-order valence-electron chi connectivity index (χ2n) is 5.97. The Kier molecular flexibility index (Phi) is 7.56. The zero-order valence-corrected chi connectivity index (χ0v) is 16.1. The summed E-state index contributed by atoms with van der Waals surface area (Å²) in [5.74, 6) is -1.07. The fourth-order valence-electron chi connectivity index (χ4n) is 2.44. The van der Waals surface area contributed by atoms with Gasteiger partial charge in [0.25, 0.3) is 5.91 Å². The number of nitrogens with one attached hydrogen (secondary N) is 1. The number of unbranched alkanes of at least 4 members (excludes halogenated alkanes) is 1. The summed E-state index contributed by atoms with van der Waals surface area (Å²) in [6.07, 6.45) is 1.94. The fraction of sp³-hybridized carbons (Fsp3) is 0.286. The largest absolute Gasteiger partial charge is 0.494 e. The molecule has 7 heteroatoms. The molecule has 0 bridgehead atoms. The molecule has 0 aliphatic heterocycles. The van der Waals surface area contributed by atoms with Gasteiger partial charge in [0.1, 0.15) is 5.75 Å². The van der Waals surface area contributed by atoms with Crippen LogP contribution in [0.25, 0.3) is 0 Å². The van der Waals surface area contributed by atoms with Gasteiger partial charge in [-0.3, -0.25) is 4.79 Å². The molecule has 0 aliphatic rings. The summed E-state index contributed by atoms with van der Waals surface area (Å²) >= 11 is 0. The summed E-state index contributed by atoms with van der Waals surface area (Å²) in [5, 5.41) is 2.68. The van der Waals surface area contributed by atoms with E-state index in [-0.39, 0.29) is 16.8 Å². The Hall–Kier alpha value is -3.35. The maximum absolute atomic E-state index is 12.6. The SMILES string of the molecule is CCCCOc1cccc(C(=O)Nc2cc(C(=O)OC)cc(C(=O)OC)c2)c1. The molecule has 0 aromatic heterocycles. The van der Waals surface area contributed by atoms with Crippen molar-refractivity contribution in [3.05, 3.63) is 59.2 Å². The van der Waals surface area contributed by atoms with Crippen LogP contribution >= 0.6 is 0 Å². The van der Waals surface area contributed by atoms with Gasteiger partial charge in [-0.15, -0.1) is 0 Å². The second-order valence-corrected chi connectivity index (χ2v) is 5.97. The molecule has 0 spiro atoms. The van der Waals surface area contributed by atoms with Gasteiger partial charge in [0.05, 0.1) is 32.0 Å². The summed E-state index contributed by atoms with van der Waals surface area (Å²) in [6.45, 7) is 2.64. The van der Waals surface area contributed by atoms with Crippen LogP contribution in [0.5, 0.6) is 5.75 Å². The van der Waals surface area contributed by atoms with E-state index in [1.54, 1.807) is 24.3 Å². The van der Waals surface area contributed by atoms with Gasteiger partial charge in [-0.2, -0.15) is 0 Å². The number of hydrogen-bond donors (Lipinski definition) is 1. The van der Waals surface area contributed by atoms with E-state index < -0.39 is 17.8 Å². The molecule has 0 aliphatic carbocycles. The highest BCUT2D eigenvalue weighted by molar-refractivity contribution is 6.06. The summed E-state index contributed by atoms with van der Waals surface area (Å²) in [4.78, 5) is 36.3. The van der Waals surface area contributed by atoms with E-state index in [4.69, 9.17) is 14.2 Å². The first-order valence-corrected chi connectivity index (χ1v) is 8.84. The Morgan fingerprint density at radius 2 is 1.54 bits per heavy atom. The number of hydrogen-bond acceptors (Lipinski definition) is 6. The van der Waals surface area contributed by atoms with E-state index in [1.165, 1.54) is 32.4 Å². The third-order valence-electron chi connectivity index (χ3n) is 3.90. The number of benzene rings is 2. The maximum Gasteiger partial charge on any atom is 0.337 e. The van der Waals surface area contributed by atoms with Gasteiger partial charge in [-0.05, 0) is 42.8 Å². The summed E-state index contributed by atoms with van der Waals surface area (Å²) in [5.41, 5.74) is 0.900. The molecule has 0 fully saturated rings. The van der Waals surface area contributed by atoms with Crippen LogP contribution in [0.1, 0.15) is 50.8 Å². The number of anilines is 1. The minimum absolute atomic E-state index is 0.123. The lowest BCUT2D eigenvalue weighted by molar-refractivity contribution is 0.0599. The molecule has 0 radical (unpaired) electrons. The lowest BCUT2D eigenvalue weighted by Gasteiger charge is -2.11. The zero-order valence-electron chi connectivity index (χ0n) is 16.1. The number of amides is 1. The molecular formula is C21H23NO6. The van der Waals surface area contributed by atoms with Crippen LogP contribution in [-0.2, 0) is 9.47 Å². The highest BCUT2D eigenvalue weighted by Crippen LogP contribution is 2.19. The van der Waals surface area contributed by atoms with Crippen LogP contribution in [-0.4, -0.2) is 38.7 Å². The van der Waals surface area contributed by atoms with Crippen molar-refractivity contribution in [1.29, 1.82) is 0 Å². The Morgan fingerprint density at radius 3 is 2.11 bits per heavy atom. The van der Waals surface area contributed by atoms with E-state index in [0.29, 0.717) is 17.9 Å². The molecule has 0 atom stereocenters. The van der Waals surface area contributed by atoms with E-state index in [2.05, 4.69) is 12.2 Å². The number of rotatable bonds is 8. The normalized spacial score (nSPS) is 10.1. The van der Waals surface area contributed by atoms with Crippen molar-refractivity contribution in [2.45, 2.75) is 19.8 Å². The first kappa shape index (κ1) is 21.0. The first-order valence-electron chi connectivity index (χ1n) is 8.84. The third kappa shape index (κ3) is 5.57. The van der Waals surface area contributed by atoms with Crippen LogP contribution in [0.4, 0.5) is 5.69 Å². The number of ether oxygens (including phenoxy) is 3. The van der Waals surface area contributed by atoms with Crippen molar-refractivity contribution in [2.24, 2.45) is 0 Å². The van der Waals surface area contributed by atoms with Crippen LogP contribution in [0.3, 0.4) is 0 Å². The van der Waals surface area contributed by atoms with Crippen molar-refractivity contribution in [2.75, 3.05) is 26.1 Å². The topological polar surface area (TPSA) is 90.9 Å². The van der Waals surface area contributed by atoms with Crippen molar-refractivity contribution in [1.82, 2.24) is 0 Å². The van der Waals surface area contributed by atoms with Gasteiger partial charge < -0.3 is 19.5 Å². The van der Waals surface area contributed by atoms with E-state index in [0.717, 1.165) is 12.8 Å². The van der Waals surface area contributed by atoms with Gasteiger partial charge in [0.15, 0.2) is 0 Å². The Labute approximate surface area is 163 Å². The quantitative estimate of drug-likeness (QED) is 0.550. The van der Waals surface area contributed by atoms with Crippen LogP contribution in [0, 0.1) is 0 Å². The van der Waals surface area contributed by atoms with Gasteiger partial charge in [0.2, 0.25) is 0 Å². The number of carbonyl (C=O) groups is 3. The summed E-state index contributed by atoms with van der Waals surface area (Å²) in [6, 6.07) is 11.0.